The summed E-state index contributed by atoms with van der Waals surface area (Å²) in [5.41, 5.74) is -0.696. The van der Waals surface area contributed by atoms with Crippen LogP contribution < -0.4 is 0 Å². The summed E-state index contributed by atoms with van der Waals surface area (Å²) in [4.78, 5) is 14.1. The normalized spacial score (nSPS) is 27.4. The van der Waals surface area contributed by atoms with Crippen molar-refractivity contribution in [2.24, 2.45) is 11.3 Å². The summed E-state index contributed by atoms with van der Waals surface area (Å²) in [7, 11) is -3.38. The molecule has 2 aliphatic heterocycles. The first-order valence-electron chi connectivity index (χ1n) is 7.96. The fourth-order valence-corrected chi connectivity index (χ4v) is 4.74. The first-order chi connectivity index (χ1) is 11.7. The third-order valence-electron chi connectivity index (χ3n) is 5.27. The molecule has 1 aromatic rings. The van der Waals surface area contributed by atoms with Gasteiger partial charge < -0.3 is 10.0 Å². The Morgan fingerprint density at radius 3 is 2.64 bits per heavy atom. The molecule has 2 fully saturated rings. The van der Waals surface area contributed by atoms with Crippen molar-refractivity contribution in [1.29, 1.82) is 0 Å². The molecule has 2 saturated heterocycles. The van der Waals surface area contributed by atoms with Crippen LogP contribution >= 0.6 is 0 Å². The Morgan fingerprint density at radius 1 is 1.32 bits per heavy atom. The van der Waals surface area contributed by atoms with Crippen molar-refractivity contribution in [2.45, 2.75) is 6.42 Å². The van der Waals surface area contributed by atoms with Crippen molar-refractivity contribution in [3.05, 3.63) is 35.4 Å². The van der Waals surface area contributed by atoms with Crippen molar-refractivity contribution in [1.82, 2.24) is 9.21 Å². The Bertz CT molecular complexity index is 801. The first-order valence-corrected chi connectivity index (χ1v) is 9.81. The van der Waals surface area contributed by atoms with E-state index in [2.05, 4.69) is 0 Å². The van der Waals surface area contributed by atoms with Gasteiger partial charge in [-0.05, 0) is 30.5 Å². The molecule has 25 heavy (non-hydrogen) atoms. The van der Waals surface area contributed by atoms with Crippen molar-refractivity contribution in [3.63, 3.8) is 0 Å². The van der Waals surface area contributed by atoms with E-state index in [0.29, 0.717) is 19.5 Å². The topological polar surface area (TPSA) is 77.9 Å². The van der Waals surface area contributed by atoms with Gasteiger partial charge >= 0.3 is 0 Å². The zero-order valence-corrected chi connectivity index (χ0v) is 14.6. The number of aliphatic hydroxyl groups is 1. The van der Waals surface area contributed by atoms with Crippen LogP contribution in [0.15, 0.2) is 18.2 Å². The number of carbonyl (C=O) groups is 1. The Labute approximate surface area is 145 Å². The summed E-state index contributed by atoms with van der Waals surface area (Å²) in [6.45, 7) is 0.784. The number of piperidine rings is 1. The third-order valence-corrected chi connectivity index (χ3v) is 6.49. The number of rotatable bonds is 3. The fourth-order valence-electron chi connectivity index (χ4n) is 3.80. The van der Waals surface area contributed by atoms with Crippen LogP contribution in [0.4, 0.5) is 8.78 Å². The van der Waals surface area contributed by atoms with E-state index >= 15 is 0 Å². The van der Waals surface area contributed by atoms with Crippen LogP contribution in [0.1, 0.15) is 16.8 Å². The van der Waals surface area contributed by atoms with Gasteiger partial charge in [-0.1, -0.05) is 0 Å². The molecule has 1 amide bonds. The van der Waals surface area contributed by atoms with Crippen molar-refractivity contribution >= 4 is 15.9 Å². The summed E-state index contributed by atoms with van der Waals surface area (Å²) >= 11 is 0. The lowest BCUT2D eigenvalue weighted by atomic mass is 9.74. The average Bonchev–Trinajstić information content (AvgIpc) is 2.96. The predicted octanol–water partition coefficient (Wildman–Crippen LogP) is 0.681. The average molecular weight is 374 g/mol. The molecule has 0 aliphatic carbocycles. The van der Waals surface area contributed by atoms with E-state index in [1.807, 2.05) is 0 Å². The molecular formula is C16H20F2N2O4S. The number of sulfonamides is 1. The van der Waals surface area contributed by atoms with Gasteiger partial charge in [0.05, 0.1) is 12.9 Å². The zero-order chi connectivity index (χ0) is 18.4. The second-order valence-electron chi connectivity index (χ2n) is 6.92. The summed E-state index contributed by atoms with van der Waals surface area (Å²) in [6.07, 6.45) is 1.67. The third kappa shape index (κ3) is 3.28. The Hall–Kier alpha value is -1.58. The van der Waals surface area contributed by atoms with E-state index in [0.717, 1.165) is 18.4 Å². The summed E-state index contributed by atoms with van der Waals surface area (Å²) < 4.78 is 51.4. The van der Waals surface area contributed by atoms with Crippen LogP contribution in [0.2, 0.25) is 0 Å². The maximum atomic E-state index is 13.4. The minimum atomic E-state index is -3.38. The van der Waals surface area contributed by atoms with Crippen molar-refractivity contribution < 1.29 is 27.1 Å². The zero-order valence-electron chi connectivity index (χ0n) is 13.8. The van der Waals surface area contributed by atoms with Gasteiger partial charge in [0.1, 0.15) is 0 Å². The molecule has 0 unspecified atom stereocenters. The number of hydrogen-bond donors (Lipinski definition) is 1. The molecule has 0 radical (unpaired) electrons. The lowest BCUT2D eigenvalue weighted by Gasteiger charge is -2.43. The number of benzene rings is 1. The molecule has 9 heteroatoms. The molecule has 0 spiro atoms. The fraction of sp³-hybridized carbons (Fsp3) is 0.562. The van der Waals surface area contributed by atoms with Gasteiger partial charge in [-0.25, -0.2) is 21.5 Å². The molecule has 2 heterocycles. The second-order valence-corrected chi connectivity index (χ2v) is 8.90. The molecule has 2 aliphatic rings. The van der Waals surface area contributed by atoms with E-state index < -0.39 is 33.0 Å². The number of amides is 1. The molecule has 6 nitrogen and oxygen atoms in total. The highest BCUT2D eigenvalue weighted by molar-refractivity contribution is 7.88. The number of likely N-dealkylation sites (tertiary alicyclic amines) is 1. The van der Waals surface area contributed by atoms with E-state index in [9.17, 15) is 27.1 Å². The molecule has 0 bridgehead atoms. The van der Waals surface area contributed by atoms with Crippen LogP contribution in [-0.2, 0) is 10.0 Å². The lowest BCUT2D eigenvalue weighted by Crippen LogP contribution is -2.52. The Morgan fingerprint density at radius 2 is 2.04 bits per heavy atom. The molecule has 2 atom stereocenters. The molecule has 0 saturated carbocycles. The van der Waals surface area contributed by atoms with Gasteiger partial charge in [0, 0.05) is 37.2 Å². The molecule has 0 aromatic heterocycles. The molecule has 1 N–H and O–H groups in total. The van der Waals surface area contributed by atoms with Gasteiger partial charge in [0.2, 0.25) is 10.0 Å². The number of aliphatic hydroxyl groups excluding tert-OH is 1. The molecular weight excluding hydrogens is 354 g/mol. The largest absolute Gasteiger partial charge is 0.396 e. The van der Waals surface area contributed by atoms with Gasteiger partial charge in [-0.15, -0.1) is 0 Å². The maximum Gasteiger partial charge on any atom is 0.253 e. The van der Waals surface area contributed by atoms with Crippen molar-refractivity contribution in [2.75, 3.05) is 39.0 Å². The van der Waals surface area contributed by atoms with Crippen LogP contribution in [0.5, 0.6) is 0 Å². The van der Waals surface area contributed by atoms with Gasteiger partial charge in [-0.2, -0.15) is 0 Å². The van der Waals surface area contributed by atoms with E-state index in [1.165, 1.54) is 15.3 Å². The van der Waals surface area contributed by atoms with E-state index in [1.54, 1.807) is 0 Å². The van der Waals surface area contributed by atoms with Gasteiger partial charge in [0.25, 0.3) is 5.91 Å². The number of carbonyl (C=O) groups excluding carboxylic acids is 1. The van der Waals surface area contributed by atoms with Gasteiger partial charge in [-0.3, -0.25) is 4.79 Å². The lowest BCUT2D eigenvalue weighted by molar-refractivity contribution is 0.0129. The predicted molar refractivity (Wildman–Crippen MR) is 86.3 cm³/mol. The summed E-state index contributed by atoms with van der Waals surface area (Å²) in [5.74, 6) is -2.62. The number of nitrogens with zero attached hydrogens (tertiary/aromatic N) is 2. The smallest absolute Gasteiger partial charge is 0.253 e. The number of hydrogen-bond acceptors (Lipinski definition) is 4. The SMILES string of the molecule is CS(=O)(=O)N1C[C@@H]2CCN(C(=O)c3ccc(F)c(F)c3)C[C@]2(CO)C1. The van der Waals surface area contributed by atoms with Crippen LogP contribution in [0, 0.1) is 23.0 Å². The van der Waals surface area contributed by atoms with Crippen molar-refractivity contribution in [3.8, 4) is 0 Å². The highest BCUT2D eigenvalue weighted by atomic mass is 32.2. The summed E-state index contributed by atoms with van der Waals surface area (Å²) in [6, 6.07) is 2.97. The quantitative estimate of drug-likeness (QED) is 0.844. The Kier molecular flexibility index (Phi) is 4.59. The first kappa shape index (κ1) is 18.2. The molecule has 1 aromatic carbocycles. The highest BCUT2D eigenvalue weighted by Gasteiger charge is 2.52. The molecule has 3 rings (SSSR count). The Balaban J connectivity index is 1.82. The number of halogens is 2. The van der Waals surface area contributed by atoms with Crippen LogP contribution in [0.3, 0.4) is 0 Å². The number of fused-ring (bicyclic) bond motifs is 1. The minimum Gasteiger partial charge on any atom is -0.396 e. The van der Waals surface area contributed by atoms with E-state index in [4.69, 9.17) is 0 Å². The second kappa shape index (κ2) is 6.30. The summed E-state index contributed by atoms with van der Waals surface area (Å²) in [5, 5.41) is 9.92. The monoisotopic (exact) mass is 374 g/mol. The van der Waals surface area contributed by atoms with E-state index in [-0.39, 0.29) is 31.2 Å². The standard InChI is InChI=1S/C16H20F2N2O4S/c1-25(23,24)20-7-12-4-5-19(8-16(12,9-20)10-21)15(22)11-2-3-13(17)14(18)6-11/h2-3,6,12,21H,4-5,7-10H2,1H3/t12-,16+/m0/s1. The molecule has 138 valence electrons. The highest BCUT2D eigenvalue weighted by Crippen LogP contribution is 2.42. The minimum absolute atomic E-state index is 0.0309. The van der Waals surface area contributed by atoms with Crippen LogP contribution in [0.25, 0.3) is 0 Å². The maximum absolute atomic E-state index is 13.4. The van der Waals surface area contributed by atoms with Gasteiger partial charge in [0.15, 0.2) is 11.6 Å². The van der Waals surface area contributed by atoms with Crippen LogP contribution in [-0.4, -0.2) is 67.7 Å².